The Morgan fingerprint density at radius 3 is 2.81 bits per heavy atom. The van der Waals surface area contributed by atoms with Crippen molar-refractivity contribution in [2.24, 2.45) is 0 Å². The number of rotatable bonds is 5. The molecule has 0 unspecified atom stereocenters. The first-order valence-electron chi connectivity index (χ1n) is 8.62. The Balaban J connectivity index is 1.32. The maximum Gasteiger partial charge on any atom is 0.242 e. The van der Waals surface area contributed by atoms with Gasteiger partial charge in [-0.25, -0.2) is 14.6 Å². The van der Waals surface area contributed by atoms with Crippen LogP contribution in [0.4, 0.5) is 11.1 Å². The topological polar surface area (TPSA) is 71.8 Å². The van der Waals surface area contributed by atoms with Crippen LogP contribution in [0.15, 0.2) is 30.6 Å². The van der Waals surface area contributed by atoms with Crippen molar-refractivity contribution in [2.75, 3.05) is 23.3 Å². The highest BCUT2D eigenvalue weighted by atomic mass is 35.5. The number of benzene rings is 1. The van der Waals surface area contributed by atoms with Crippen molar-refractivity contribution in [1.82, 2.24) is 24.1 Å². The maximum absolute atomic E-state index is 6.21. The molecule has 0 bridgehead atoms. The predicted octanol–water partition coefficient (Wildman–Crippen LogP) is 3.22. The SMILES string of the molecule is Cc1nsc(N2CCC(Nc3ncn(Cc4ccccc4Cl)n3)CC2)n1. The van der Waals surface area contributed by atoms with Crippen LogP contribution < -0.4 is 10.2 Å². The molecule has 1 saturated heterocycles. The average Bonchev–Trinajstić information content (AvgIpc) is 3.27. The fraction of sp³-hybridized carbons (Fsp3) is 0.412. The van der Waals surface area contributed by atoms with Gasteiger partial charge in [-0.05, 0) is 31.4 Å². The van der Waals surface area contributed by atoms with E-state index in [2.05, 4.69) is 29.7 Å². The van der Waals surface area contributed by atoms with Crippen molar-refractivity contribution < 1.29 is 0 Å². The summed E-state index contributed by atoms with van der Waals surface area (Å²) in [6, 6.07) is 8.17. The van der Waals surface area contributed by atoms with E-state index < -0.39 is 0 Å². The zero-order valence-electron chi connectivity index (χ0n) is 14.5. The third-order valence-electron chi connectivity index (χ3n) is 4.44. The molecule has 0 amide bonds. The summed E-state index contributed by atoms with van der Waals surface area (Å²) in [6.45, 7) is 4.47. The van der Waals surface area contributed by atoms with Gasteiger partial charge in [0, 0.05) is 35.7 Å². The molecule has 2 aromatic heterocycles. The molecule has 0 saturated carbocycles. The van der Waals surface area contributed by atoms with Crippen LogP contribution >= 0.6 is 23.1 Å². The summed E-state index contributed by atoms with van der Waals surface area (Å²) in [4.78, 5) is 11.1. The molecule has 0 radical (unpaired) electrons. The van der Waals surface area contributed by atoms with Crippen LogP contribution in [0.1, 0.15) is 24.2 Å². The van der Waals surface area contributed by atoms with Crippen LogP contribution in [0.2, 0.25) is 5.02 Å². The van der Waals surface area contributed by atoms with E-state index in [4.69, 9.17) is 11.6 Å². The second-order valence-electron chi connectivity index (χ2n) is 6.39. The number of hydrogen-bond acceptors (Lipinski definition) is 7. The van der Waals surface area contributed by atoms with Gasteiger partial charge >= 0.3 is 0 Å². The van der Waals surface area contributed by atoms with Gasteiger partial charge in [-0.2, -0.15) is 4.37 Å². The second kappa shape index (κ2) is 7.59. The summed E-state index contributed by atoms with van der Waals surface area (Å²) in [5.74, 6) is 1.51. The van der Waals surface area contributed by atoms with Gasteiger partial charge in [0.25, 0.3) is 0 Å². The molecule has 1 N–H and O–H groups in total. The van der Waals surface area contributed by atoms with E-state index in [0.717, 1.165) is 47.5 Å². The average molecular weight is 390 g/mol. The molecule has 4 rings (SSSR count). The van der Waals surface area contributed by atoms with Crippen LogP contribution in [-0.2, 0) is 6.54 Å². The third kappa shape index (κ3) is 3.96. The van der Waals surface area contributed by atoms with E-state index in [1.54, 1.807) is 6.33 Å². The largest absolute Gasteiger partial charge is 0.350 e. The number of aryl methyl sites for hydroxylation is 1. The van der Waals surface area contributed by atoms with Crippen LogP contribution in [0.5, 0.6) is 0 Å². The highest BCUT2D eigenvalue weighted by Crippen LogP contribution is 2.23. The van der Waals surface area contributed by atoms with Crippen molar-refractivity contribution in [2.45, 2.75) is 32.4 Å². The van der Waals surface area contributed by atoms with Crippen LogP contribution in [0, 0.1) is 6.92 Å². The van der Waals surface area contributed by atoms with Crippen molar-refractivity contribution in [3.05, 3.63) is 47.0 Å². The molecule has 9 heteroatoms. The summed E-state index contributed by atoms with van der Waals surface area (Å²) in [7, 11) is 0. The Morgan fingerprint density at radius 1 is 1.27 bits per heavy atom. The zero-order chi connectivity index (χ0) is 17.9. The van der Waals surface area contributed by atoms with Gasteiger partial charge in [-0.1, -0.05) is 29.8 Å². The number of piperidine rings is 1. The van der Waals surface area contributed by atoms with Gasteiger partial charge in [0.05, 0.1) is 6.54 Å². The molecular formula is C17H20ClN7S. The molecule has 0 aliphatic carbocycles. The molecule has 136 valence electrons. The Kier molecular flexibility index (Phi) is 5.03. The summed E-state index contributed by atoms with van der Waals surface area (Å²) in [6.07, 6.45) is 3.79. The van der Waals surface area contributed by atoms with Gasteiger partial charge < -0.3 is 10.2 Å². The standard InChI is InChI=1S/C17H20ClN7S/c1-12-20-17(26-23-12)24-8-6-14(7-9-24)21-16-19-11-25(22-16)10-13-4-2-3-5-15(13)18/h2-5,11,14H,6-10H2,1H3,(H,21,22). The van der Waals surface area contributed by atoms with Gasteiger partial charge in [0.15, 0.2) is 0 Å². The summed E-state index contributed by atoms with van der Waals surface area (Å²) >= 11 is 7.68. The lowest BCUT2D eigenvalue weighted by atomic mass is 10.1. The quantitative estimate of drug-likeness (QED) is 0.722. The first kappa shape index (κ1) is 17.2. The number of anilines is 2. The number of aromatic nitrogens is 5. The fourth-order valence-corrected chi connectivity index (χ4v) is 3.97. The molecule has 7 nitrogen and oxygen atoms in total. The first-order chi connectivity index (χ1) is 12.7. The molecular weight excluding hydrogens is 370 g/mol. The molecule has 26 heavy (non-hydrogen) atoms. The van der Waals surface area contributed by atoms with Crippen LogP contribution in [0.3, 0.4) is 0 Å². The minimum atomic E-state index is 0.372. The minimum Gasteiger partial charge on any atom is -0.350 e. The third-order valence-corrected chi connectivity index (χ3v) is 5.68. The summed E-state index contributed by atoms with van der Waals surface area (Å²) < 4.78 is 6.07. The minimum absolute atomic E-state index is 0.372. The molecule has 3 aromatic rings. The Morgan fingerprint density at radius 2 is 2.08 bits per heavy atom. The molecule has 0 spiro atoms. The fourth-order valence-electron chi connectivity index (χ4n) is 3.05. The van der Waals surface area contributed by atoms with Crippen LogP contribution in [-0.4, -0.2) is 43.3 Å². The lowest BCUT2D eigenvalue weighted by Crippen LogP contribution is -2.39. The van der Waals surface area contributed by atoms with E-state index in [1.807, 2.05) is 35.9 Å². The van der Waals surface area contributed by atoms with Crippen molar-refractivity contribution in [1.29, 1.82) is 0 Å². The summed E-state index contributed by atoms with van der Waals surface area (Å²) in [5, 5.41) is 9.73. The van der Waals surface area contributed by atoms with E-state index in [-0.39, 0.29) is 0 Å². The lowest BCUT2D eigenvalue weighted by Gasteiger charge is -2.31. The lowest BCUT2D eigenvalue weighted by molar-refractivity contribution is 0.522. The Labute approximate surface area is 161 Å². The number of nitrogens with one attached hydrogen (secondary N) is 1. The smallest absolute Gasteiger partial charge is 0.242 e. The van der Waals surface area contributed by atoms with E-state index in [0.29, 0.717) is 18.5 Å². The predicted molar refractivity (Wildman–Crippen MR) is 104 cm³/mol. The second-order valence-corrected chi connectivity index (χ2v) is 7.52. The Bertz CT molecular complexity index is 869. The maximum atomic E-state index is 6.21. The number of halogens is 1. The van der Waals surface area contributed by atoms with Crippen molar-refractivity contribution in [3.8, 4) is 0 Å². The van der Waals surface area contributed by atoms with E-state index >= 15 is 0 Å². The van der Waals surface area contributed by atoms with Gasteiger partial charge in [0.2, 0.25) is 11.1 Å². The van der Waals surface area contributed by atoms with Gasteiger partial charge in [0.1, 0.15) is 12.2 Å². The van der Waals surface area contributed by atoms with Crippen LogP contribution in [0.25, 0.3) is 0 Å². The van der Waals surface area contributed by atoms with E-state index in [9.17, 15) is 0 Å². The molecule has 1 aromatic carbocycles. The Hall–Kier alpha value is -2.19. The normalized spacial score (nSPS) is 15.4. The molecule has 0 atom stereocenters. The first-order valence-corrected chi connectivity index (χ1v) is 9.77. The number of nitrogens with zero attached hydrogens (tertiary/aromatic N) is 6. The monoisotopic (exact) mass is 389 g/mol. The zero-order valence-corrected chi connectivity index (χ0v) is 16.0. The molecule has 3 heterocycles. The van der Waals surface area contributed by atoms with E-state index in [1.165, 1.54) is 11.5 Å². The highest BCUT2D eigenvalue weighted by Gasteiger charge is 2.22. The number of hydrogen-bond donors (Lipinski definition) is 1. The van der Waals surface area contributed by atoms with Gasteiger partial charge in [-0.3, -0.25) is 0 Å². The highest BCUT2D eigenvalue weighted by molar-refractivity contribution is 7.09. The molecule has 1 fully saturated rings. The molecule has 1 aliphatic heterocycles. The van der Waals surface area contributed by atoms with Crippen molar-refractivity contribution in [3.63, 3.8) is 0 Å². The van der Waals surface area contributed by atoms with Crippen molar-refractivity contribution >= 4 is 34.2 Å². The molecule has 1 aliphatic rings. The van der Waals surface area contributed by atoms with Gasteiger partial charge in [-0.15, -0.1) is 5.10 Å². The summed E-state index contributed by atoms with van der Waals surface area (Å²) in [5.41, 5.74) is 1.03.